The van der Waals surface area contributed by atoms with Gasteiger partial charge in [0.1, 0.15) is 0 Å². The fraction of sp³-hybridized carbons (Fsp3) is 0.917. The summed E-state index contributed by atoms with van der Waals surface area (Å²) in [5.74, 6) is -0.0595. The van der Waals surface area contributed by atoms with Gasteiger partial charge in [0.2, 0.25) is 5.91 Å². The van der Waals surface area contributed by atoms with Crippen LogP contribution in [0.3, 0.4) is 0 Å². The zero-order valence-electron chi connectivity index (χ0n) is 12.2. The molecule has 0 aromatic rings. The number of likely N-dealkylation sites (N-methyl/N-ethyl adjacent to an activating group) is 1. The normalized spacial score (nSPS) is 18.2. The lowest BCUT2D eigenvalue weighted by Gasteiger charge is -2.36. The largest absolute Gasteiger partial charge is 0.381 e. The molecule has 1 heterocycles. The molecule has 1 aliphatic heterocycles. The molecule has 5 nitrogen and oxygen atoms in total. The van der Waals surface area contributed by atoms with E-state index in [4.69, 9.17) is 10.5 Å². The maximum absolute atomic E-state index is 12.1. The molecule has 0 bridgehead atoms. The van der Waals surface area contributed by atoms with Crippen molar-refractivity contribution in [2.45, 2.75) is 37.8 Å². The highest BCUT2D eigenvalue weighted by Gasteiger charge is 2.36. The monoisotopic (exact) mass is 315 g/mol. The average Bonchev–Trinajstić information content (AvgIpc) is 2.26. The lowest BCUT2D eigenvalue weighted by molar-refractivity contribution is -0.130. The van der Waals surface area contributed by atoms with Crippen LogP contribution >= 0.6 is 24.8 Å². The zero-order chi connectivity index (χ0) is 13.1. The van der Waals surface area contributed by atoms with Crippen molar-refractivity contribution < 1.29 is 9.53 Å². The molecule has 3 N–H and O–H groups in total. The van der Waals surface area contributed by atoms with Crippen LogP contribution in [-0.2, 0) is 9.53 Å². The Morgan fingerprint density at radius 2 is 1.79 bits per heavy atom. The number of amides is 1. The Labute approximate surface area is 128 Å². The smallest absolute Gasteiger partial charge is 0.240 e. The summed E-state index contributed by atoms with van der Waals surface area (Å²) in [5, 5.41) is 2.95. The maximum Gasteiger partial charge on any atom is 0.240 e. The van der Waals surface area contributed by atoms with Crippen LogP contribution in [-0.4, -0.2) is 55.7 Å². The number of carbonyl (C=O) groups is 1. The molecule has 0 aromatic heterocycles. The summed E-state index contributed by atoms with van der Waals surface area (Å²) in [6.45, 7) is 5.90. The first kappa shape index (κ1) is 21.2. The van der Waals surface area contributed by atoms with Gasteiger partial charge in [0.05, 0.1) is 5.54 Å². The highest BCUT2D eigenvalue weighted by Crippen LogP contribution is 2.18. The van der Waals surface area contributed by atoms with E-state index in [0.29, 0.717) is 32.6 Å². The van der Waals surface area contributed by atoms with Crippen LogP contribution in [0, 0.1) is 0 Å². The number of carbonyl (C=O) groups excluding carboxylic acids is 1. The second-order valence-corrected chi connectivity index (χ2v) is 5.66. The molecule has 1 fully saturated rings. The molecule has 0 radical (unpaired) electrons. The quantitative estimate of drug-likeness (QED) is 0.805. The minimum Gasteiger partial charge on any atom is -0.381 e. The van der Waals surface area contributed by atoms with Gasteiger partial charge in [-0.15, -0.1) is 24.8 Å². The minimum atomic E-state index is -0.749. The van der Waals surface area contributed by atoms with Gasteiger partial charge in [-0.1, -0.05) is 0 Å². The van der Waals surface area contributed by atoms with E-state index in [-0.39, 0.29) is 36.3 Å². The van der Waals surface area contributed by atoms with Gasteiger partial charge < -0.3 is 20.7 Å². The molecule has 0 spiro atoms. The van der Waals surface area contributed by atoms with E-state index in [1.54, 1.807) is 0 Å². The summed E-state index contributed by atoms with van der Waals surface area (Å²) in [5.41, 5.74) is 5.28. The third-order valence-electron chi connectivity index (χ3n) is 3.73. The van der Waals surface area contributed by atoms with Gasteiger partial charge in [-0.2, -0.15) is 0 Å². The highest BCUT2D eigenvalue weighted by atomic mass is 35.5. The van der Waals surface area contributed by atoms with E-state index in [9.17, 15) is 4.79 Å². The molecule has 0 aliphatic carbocycles. The van der Waals surface area contributed by atoms with Crippen molar-refractivity contribution in [3.63, 3.8) is 0 Å². The lowest BCUT2D eigenvalue weighted by Crippen LogP contribution is -2.59. The van der Waals surface area contributed by atoms with Crippen molar-refractivity contribution in [2.75, 3.05) is 33.9 Å². The molecule has 0 atom stereocenters. The third-order valence-corrected chi connectivity index (χ3v) is 3.73. The summed E-state index contributed by atoms with van der Waals surface area (Å²) in [4.78, 5) is 14.2. The van der Waals surface area contributed by atoms with Crippen LogP contribution in [0.2, 0.25) is 0 Å². The molecule has 1 amide bonds. The molecule has 0 unspecified atom stereocenters. The first-order valence-corrected chi connectivity index (χ1v) is 6.10. The van der Waals surface area contributed by atoms with Gasteiger partial charge in [0.15, 0.2) is 0 Å². The van der Waals surface area contributed by atoms with Crippen LogP contribution in [0.1, 0.15) is 26.7 Å². The predicted octanol–water partition coefficient (Wildman–Crippen LogP) is 0.794. The fourth-order valence-corrected chi connectivity index (χ4v) is 1.59. The van der Waals surface area contributed by atoms with E-state index < -0.39 is 5.54 Å². The second kappa shape index (κ2) is 8.27. The number of ether oxygens (including phenoxy) is 1. The van der Waals surface area contributed by atoms with Crippen LogP contribution < -0.4 is 11.1 Å². The maximum atomic E-state index is 12.1. The Balaban J connectivity index is 0. The number of hydrogen-bond donors (Lipinski definition) is 2. The topological polar surface area (TPSA) is 67.6 Å². The second-order valence-electron chi connectivity index (χ2n) is 5.66. The number of nitrogens with two attached hydrogens (primary N) is 1. The summed E-state index contributed by atoms with van der Waals surface area (Å²) in [7, 11) is 4.00. The molecule has 1 aliphatic rings. The molecule has 0 saturated carbocycles. The zero-order valence-corrected chi connectivity index (χ0v) is 13.8. The molecule has 19 heavy (non-hydrogen) atoms. The summed E-state index contributed by atoms with van der Waals surface area (Å²) < 4.78 is 5.23. The summed E-state index contributed by atoms with van der Waals surface area (Å²) in [6, 6.07) is 0. The molecule has 1 saturated heterocycles. The lowest BCUT2D eigenvalue weighted by atomic mass is 9.90. The van der Waals surface area contributed by atoms with Crippen molar-refractivity contribution in [3.05, 3.63) is 0 Å². The van der Waals surface area contributed by atoms with Gasteiger partial charge >= 0.3 is 0 Å². The minimum absolute atomic E-state index is 0. The van der Waals surface area contributed by atoms with Crippen molar-refractivity contribution in [1.82, 2.24) is 10.2 Å². The predicted molar refractivity (Wildman–Crippen MR) is 82.2 cm³/mol. The summed E-state index contributed by atoms with van der Waals surface area (Å²) in [6.07, 6.45) is 1.20. The van der Waals surface area contributed by atoms with Crippen molar-refractivity contribution in [1.29, 1.82) is 0 Å². The van der Waals surface area contributed by atoms with E-state index in [0.717, 1.165) is 0 Å². The molecular weight excluding hydrogens is 289 g/mol. The third kappa shape index (κ3) is 5.83. The van der Waals surface area contributed by atoms with Crippen LogP contribution in [0.4, 0.5) is 0 Å². The van der Waals surface area contributed by atoms with Gasteiger partial charge in [0, 0.05) is 25.3 Å². The van der Waals surface area contributed by atoms with E-state index >= 15 is 0 Å². The highest BCUT2D eigenvalue weighted by molar-refractivity contribution is 5.86. The van der Waals surface area contributed by atoms with Crippen LogP contribution in [0.5, 0.6) is 0 Å². The Hall–Kier alpha value is -0.0700. The van der Waals surface area contributed by atoms with Crippen molar-refractivity contribution >= 4 is 30.7 Å². The van der Waals surface area contributed by atoms with Gasteiger partial charge in [-0.05, 0) is 40.8 Å². The SMILES string of the molecule is CN(C)C(C)(C)CNC(=O)C1(N)CCOCC1.Cl.Cl. The van der Waals surface area contributed by atoms with Crippen LogP contribution in [0.15, 0.2) is 0 Å². The van der Waals surface area contributed by atoms with Crippen LogP contribution in [0.25, 0.3) is 0 Å². The molecule has 0 aromatic carbocycles. The standard InChI is InChI=1S/C12H25N3O2.2ClH/c1-11(2,15(3)4)9-14-10(16)12(13)5-7-17-8-6-12;;/h5-9,13H2,1-4H3,(H,14,16);2*1H. The van der Waals surface area contributed by atoms with Crippen molar-refractivity contribution in [3.8, 4) is 0 Å². The Kier molecular flexibility index (Phi) is 9.24. The number of nitrogens with zero attached hydrogens (tertiary/aromatic N) is 1. The average molecular weight is 316 g/mol. The van der Waals surface area contributed by atoms with Gasteiger partial charge in [0.25, 0.3) is 0 Å². The Morgan fingerprint density at radius 3 is 2.21 bits per heavy atom. The van der Waals surface area contributed by atoms with Gasteiger partial charge in [-0.25, -0.2) is 0 Å². The Morgan fingerprint density at radius 1 is 1.32 bits per heavy atom. The number of rotatable bonds is 4. The molecule has 7 heteroatoms. The first-order chi connectivity index (χ1) is 7.78. The van der Waals surface area contributed by atoms with Crippen molar-refractivity contribution in [2.24, 2.45) is 5.73 Å². The molecule has 1 rings (SSSR count). The van der Waals surface area contributed by atoms with Gasteiger partial charge in [-0.3, -0.25) is 4.79 Å². The fourth-order valence-electron chi connectivity index (χ4n) is 1.59. The number of hydrogen-bond acceptors (Lipinski definition) is 4. The summed E-state index contributed by atoms with van der Waals surface area (Å²) >= 11 is 0. The number of halogens is 2. The Bertz CT molecular complexity index is 280. The van der Waals surface area contributed by atoms with E-state index in [2.05, 4.69) is 24.1 Å². The van der Waals surface area contributed by atoms with E-state index in [1.807, 2.05) is 14.1 Å². The first-order valence-electron chi connectivity index (χ1n) is 6.10. The van der Waals surface area contributed by atoms with E-state index in [1.165, 1.54) is 0 Å². The molecule has 116 valence electrons. The molecular formula is C12H27Cl2N3O2. The number of nitrogens with one attached hydrogen (secondary N) is 1.